The van der Waals surface area contributed by atoms with E-state index in [2.05, 4.69) is 10.3 Å². The molecule has 1 aromatic heterocycles. The van der Waals surface area contributed by atoms with E-state index in [0.717, 1.165) is 24.0 Å². The van der Waals surface area contributed by atoms with Crippen molar-refractivity contribution in [2.24, 2.45) is 0 Å². The molecule has 0 unspecified atom stereocenters. The van der Waals surface area contributed by atoms with Gasteiger partial charge in [-0.15, -0.1) is 0 Å². The van der Waals surface area contributed by atoms with Crippen LogP contribution in [0, 0.1) is 0 Å². The van der Waals surface area contributed by atoms with Crippen LogP contribution < -0.4 is 19.5 Å². The van der Waals surface area contributed by atoms with Crippen LogP contribution in [0.25, 0.3) is 6.08 Å². The molecule has 1 aromatic carbocycles. The molecule has 29 heavy (non-hydrogen) atoms. The molecule has 1 saturated carbocycles. The first-order valence-electron chi connectivity index (χ1n) is 10.1. The van der Waals surface area contributed by atoms with Gasteiger partial charge >= 0.3 is 0 Å². The van der Waals surface area contributed by atoms with Gasteiger partial charge in [0.15, 0.2) is 11.5 Å². The molecular formula is C23H28N2O4. The summed E-state index contributed by atoms with van der Waals surface area (Å²) in [6, 6.07) is 9.34. The Bertz CT molecular complexity index is 827. The second-order valence-electron chi connectivity index (χ2n) is 6.92. The van der Waals surface area contributed by atoms with Gasteiger partial charge < -0.3 is 19.5 Å². The van der Waals surface area contributed by atoms with Gasteiger partial charge in [-0.1, -0.05) is 12.1 Å². The lowest BCUT2D eigenvalue weighted by Crippen LogP contribution is -2.20. The van der Waals surface area contributed by atoms with Crippen molar-refractivity contribution in [2.45, 2.75) is 45.3 Å². The van der Waals surface area contributed by atoms with E-state index in [0.29, 0.717) is 36.6 Å². The fourth-order valence-corrected chi connectivity index (χ4v) is 3.24. The Morgan fingerprint density at radius 2 is 2.03 bits per heavy atom. The summed E-state index contributed by atoms with van der Waals surface area (Å²) in [4.78, 5) is 16.5. The summed E-state index contributed by atoms with van der Waals surface area (Å²) in [6.45, 7) is 2.90. The molecule has 1 fully saturated rings. The van der Waals surface area contributed by atoms with Gasteiger partial charge in [0, 0.05) is 24.9 Å². The average Bonchev–Trinajstić information content (AvgIpc) is 3.25. The molecule has 2 aromatic rings. The molecule has 1 N–H and O–H groups in total. The molecule has 1 aliphatic rings. The zero-order valence-electron chi connectivity index (χ0n) is 17.0. The van der Waals surface area contributed by atoms with Gasteiger partial charge in [0.05, 0.1) is 13.7 Å². The van der Waals surface area contributed by atoms with Crippen LogP contribution in [0.1, 0.15) is 43.7 Å². The van der Waals surface area contributed by atoms with Crippen molar-refractivity contribution < 1.29 is 19.0 Å². The van der Waals surface area contributed by atoms with Crippen molar-refractivity contribution in [2.75, 3.05) is 13.7 Å². The van der Waals surface area contributed by atoms with Gasteiger partial charge in [-0.25, -0.2) is 4.98 Å². The monoisotopic (exact) mass is 396 g/mol. The predicted octanol–water partition coefficient (Wildman–Crippen LogP) is 4.14. The van der Waals surface area contributed by atoms with E-state index in [1.807, 2.05) is 37.3 Å². The zero-order chi connectivity index (χ0) is 20.5. The molecule has 1 heterocycles. The lowest BCUT2D eigenvalue weighted by atomic mass is 10.2. The number of amides is 1. The average molecular weight is 396 g/mol. The summed E-state index contributed by atoms with van der Waals surface area (Å²) in [5.41, 5.74) is 1.78. The molecule has 3 rings (SSSR count). The normalized spacial score (nSPS) is 14.1. The van der Waals surface area contributed by atoms with E-state index in [9.17, 15) is 4.79 Å². The third-order valence-corrected chi connectivity index (χ3v) is 4.77. The first-order valence-corrected chi connectivity index (χ1v) is 10.1. The Hall–Kier alpha value is -3.02. The summed E-state index contributed by atoms with van der Waals surface area (Å²) in [5.74, 6) is 1.80. The van der Waals surface area contributed by atoms with E-state index < -0.39 is 0 Å². The number of carbonyl (C=O) groups is 1. The molecule has 0 bridgehead atoms. The van der Waals surface area contributed by atoms with Gasteiger partial charge in [-0.2, -0.15) is 0 Å². The van der Waals surface area contributed by atoms with E-state index in [1.165, 1.54) is 18.9 Å². The maximum atomic E-state index is 12.1. The Morgan fingerprint density at radius 3 is 2.72 bits per heavy atom. The summed E-state index contributed by atoms with van der Waals surface area (Å²) in [6.07, 6.45) is 9.94. The van der Waals surface area contributed by atoms with Crippen molar-refractivity contribution in [3.05, 3.63) is 53.7 Å². The number of pyridine rings is 1. The van der Waals surface area contributed by atoms with Crippen LogP contribution in [0.5, 0.6) is 17.4 Å². The van der Waals surface area contributed by atoms with Gasteiger partial charge in [0.1, 0.15) is 6.10 Å². The van der Waals surface area contributed by atoms with Crippen molar-refractivity contribution >= 4 is 12.0 Å². The second-order valence-corrected chi connectivity index (χ2v) is 6.92. The highest BCUT2D eigenvalue weighted by Crippen LogP contribution is 2.28. The summed E-state index contributed by atoms with van der Waals surface area (Å²) in [5, 5.41) is 2.86. The van der Waals surface area contributed by atoms with Gasteiger partial charge in [0.25, 0.3) is 0 Å². The highest BCUT2D eigenvalue weighted by molar-refractivity contribution is 5.91. The highest BCUT2D eigenvalue weighted by atomic mass is 16.5. The minimum absolute atomic E-state index is 0.177. The number of aromatic nitrogens is 1. The third kappa shape index (κ3) is 6.24. The number of hydrogen-bond donors (Lipinski definition) is 1. The molecule has 0 radical (unpaired) electrons. The Morgan fingerprint density at radius 1 is 1.21 bits per heavy atom. The fraction of sp³-hybridized carbons (Fsp3) is 0.391. The maximum absolute atomic E-state index is 12.1. The van der Waals surface area contributed by atoms with Crippen LogP contribution in [0.4, 0.5) is 0 Å². The van der Waals surface area contributed by atoms with Crippen molar-refractivity contribution in [1.82, 2.24) is 10.3 Å². The SMILES string of the molecule is CCOc1ccc(C=CC(=O)NCc2ccc(OC3CCCC3)nc2)cc1OC. The molecular weight excluding hydrogens is 368 g/mol. The summed E-state index contributed by atoms with van der Waals surface area (Å²) >= 11 is 0. The Balaban J connectivity index is 1.49. The lowest BCUT2D eigenvalue weighted by Gasteiger charge is -2.12. The molecule has 1 aliphatic carbocycles. The number of nitrogens with one attached hydrogen (secondary N) is 1. The minimum atomic E-state index is -0.177. The summed E-state index contributed by atoms with van der Waals surface area (Å²) < 4.78 is 16.7. The largest absolute Gasteiger partial charge is 0.493 e. The van der Waals surface area contributed by atoms with Crippen LogP contribution in [-0.2, 0) is 11.3 Å². The van der Waals surface area contributed by atoms with E-state index >= 15 is 0 Å². The van der Waals surface area contributed by atoms with Crippen LogP contribution in [0.15, 0.2) is 42.6 Å². The number of nitrogens with zero attached hydrogens (tertiary/aromatic N) is 1. The molecule has 0 saturated heterocycles. The van der Waals surface area contributed by atoms with Crippen molar-refractivity contribution in [3.8, 4) is 17.4 Å². The third-order valence-electron chi connectivity index (χ3n) is 4.77. The van der Waals surface area contributed by atoms with E-state index in [-0.39, 0.29) is 5.91 Å². The molecule has 1 amide bonds. The molecule has 0 aliphatic heterocycles. The van der Waals surface area contributed by atoms with E-state index in [4.69, 9.17) is 14.2 Å². The number of hydrogen-bond acceptors (Lipinski definition) is 5. The Labute approximate surface area is 171 Å². The Kier molecular flexibility index (Phi) is 7.50. The molecule has 154 valence electrons. The quantitative estimate of drug-likeness (QED) is 0.645. The van der Waals surface area contributed by atoms with Crippen LogP contribution in [-0.4, -0.2) is 30.7 Å². The number of ether oxygens (including phenoxy) is 3. The number of rotatable bonds is 9. The number of benzene rings is 1. The standard InChI is InChI=1S/C23H28N2O4/c1-3-28-20-11-8-17(14-21(20)27-2)9-12-22(26)24-15-18-10-13-23(25-16-18)29-19-6-4-5-7-19/h8-14,16,19H,3-7,15H2,1-2H3,(H,24,26). The molecule has 6 heteroatoms. The topological polar surface area (TPSA) is 69.7 Å². The molecule has 6 nitrogen and oxygen atoms in total. The maximum Gasteiger partial charge on any atom is 0.244 e. The summed E-state index contributed by atoms with van der Waals surface area (Å²) in [7, 11) is 1.59. The fourth-order valence-electron chi connectivity index (χ4n) is 3.24. The minimum Gasteiger partial charge on any atom is -0.493 e. The zero-order valence-corrected chi connectivity index (χ0v) is 17.0. The predicted molar refractivity (Wildman–Crippen MR) is 112 cm³/mol. The van der Waals surface area contributed by atoms with Gasteiger partial charge in [0.2, 0.25) is 11.8 Å². The van der Waals surface area contributed by atoms with E-state index in [1.54, 1.807) is 19.4 Å². The van der Waals surface area contributed by atoms with Crippen LogP contribution >= 0.6 is 0 Å². The number of methoxy groups -OCH3 is 1. The smallest absolute Gasteiger partial charge is 0.244 e. The first-order chi connectivity index (χ1) is 14.2. The lowest BCUT2D eigenvalue weighted by molar-refractivity contribution is -0.116. The van der Waals surface area contributed by atoms with Crippen molar-refractivity contribution in [3.63, 3.8) is 0 Å². The van der Waals surface area contributed by atoms with Crippen molar-refractivity contribution in [1.29, 1.82) is 0 Å². The highest BCUT2D eigenvalue weighted by Gasteiger charge is 2.16. The van der Waals surface area contributed by atoms with Crippen LogP contribution in [0.3, 0.4) is 0 Å². The van der Waals surface area contributed by atoms with Gasteiger partial charge in [-0.3, -0.25) is 4.79 Å². The second kappa shape index (κ2) is 10.5. The molecule has 0 atom stereocenters. The van der Waals surface area contributed by atoms with Gasteiger partial charge in [-0.05, 0) is 61.9 Å². The first kappa shape index (κ1) is 20.7. The van der Waals surface area contributed by atoms with Crippen LogP contribution in [0.2, 0.25) is 0 Å². The molecule has 0 spiro atoms. The number of carbonyl (C=O) groups excluding carboxylic acids is 1.